The Labute approximate surface area is 155 Å². The third kappa shape index (κ3) is 8.28. The minimum atomic E-state index is -1.82. The Bertz CT molecular complexity index is 617. The second-order valence-electron chi connectivity index (χ2n) is 5.30. The molecule has 0 saturated heterocycles. The van der Waals surface area contributed by atoms with Crippen LogP contribution in [0.3, 0.4) is 0 Å². The van der Waals surface area contributed by atoms with Crippen molar-refractivity contribution in [1.29, 1.82) is 0 Å². The monoisotopic (exact) mass is 385 g/mol. The summed E-state index contributed by atoms with van der Waals surface area (Å²) < 4.78 is 8.93. The van der Waals surface area contributed by atoms with Crippen LogP contribution in [0, 0.1) is 0 Å². The van der Waals surface area contributed by atoms with Crippen LogP contribution in [0.15, 0.2) is 23.3 Å². The number of thioether (sulfide) groups is 1. The van der Waals surface area contributed by atoms with Gasteiger partial charge in [0.25, 0.3) is 0 Å². The first kappa shape index (κ1) is 21.3. The summed E-state index contributed by atoms with van der Waals surface area (Å²) in [4.78, 5) is 20.5. The van der Waals surface area contributed by atoms with E-state index in [0.29, 0.717) is 0 Å². The summed E-state index contributed by atoms with van der Waals surface area (Å²) in [5.74, 6) is -2.57. The van der Waals surface area contributed by atoms with E-state index >= 15 is 0 Å². The van der Waals surface area contributed by atoms with E-state index in [2.05, 4.69) is 45.8 Å². The molecule has 1 aromatic heterocycles. The fraction of sp³-hybridized carbons (Fsp3) is 0.500. The Kier molecular flexibility index (Phi) is 10.0. The van der Waals surface area contributed by atoms with Gasteiger partial charge in [0.1, 0.15) is 10.7 Å². The van der Waals surface area contributed by atoms with Gasteiger partial charge in [-0.05, 0) is 31.9 Å². The van der Waals surface area contributed by atoms with Crippen LogP contribution in [0.4, 0.5) is 0 Å². The van der Waals surface area contributed by atoms with Crippen molar-refractivity contribution in [3.8, 4) is 0 Å². The van der Waals surface area contributed by atoms with Gasteiger partial charge in [0, 0.05) is 18.8 Å². The lowest BCUT2D eigenvalue weighted by Gasteiger charge is -2.22. The molecule has 0 atom stereocenters. The zero-order chi connectivity index (χ0) is 18.7. The molecule has 2 N–H and O–H groups in total. The van der Waals surface area contributed by atoms with Crippen molar-refractivity contribution in [2.24, 2.45) is 0 Å². The van der Waals surface area contributed by atoms with Gasteiger partial charge in [-0.3, -0.25) is 0 Å². The normalized spacial score (nSPS) is 14.7. The second kappa shape index (κ2) is 11.8. The molecular weight excluding hydrogens is 362 g/mol. The highest BCUT2D eigenvalue weighted by Gasteiger charge is 2.17. The van der Waals surface area contributed by atoms with E-state index in [1.165, 1.54) is 17.3 Å². The Morgan fingerprint density at radius 2 is 2.04 bits per heavy atom. The summed E-state index contributed by atoms with van der Waals surface area (Å²) in [6, 6.07) is 0. The number of aromatic nitrogens is 2. The smallest absolute Gasteiger partial charge is 0.414 e. The van der Waals surface area contributed by atoms with Gasteiger partial charge in [-0.15, -0.1) is 11.8 Å². The molecule has 7 nitrogen and oxygen atoms in total. The molecule has 1 aliphatic rings. The number of nitrogens with zero attached hydrogens (tertiary/aromatic N) is 3. The molecule has 0 spiro atoms. The molecule has 25 heavy (non-hydrogen) atoms. The summed E-state index contributed by atoms with van der Waals surface area (Å²) in [6.45, 7) is 4.30. The molecule has 0 fully saturated rings. The summed E-state index contributed by atoms with van der Waals surface area (Å²) in [5.41, 5.74) is 2.45. The predicted octanol–water partition coefficient (Wildman–Crippen LogP) is 2.86. The number of carboxylic acids is 2. The van der Waals surface area contributed by atoms with Gasteiger partial charge in [-0.2, -0.15) is 8.75 Å². The minimum Gasteiger partial charge on any atom is -0.473 e. The third-order valence-electron chi connectivity index (χ3n) is 3.21. The van der Waals surface area contributed by atoms with Crippen molar-refractivity contribution in [2.75, 3.05) is 25.9 Å². The summed E-state index contributed by atoms with van der Waals surface area (Å²) in [6.07, 6.45) is 10.1. The zero-order valence-corrected chi connectivity index (χ0v) is 16.0. The Morgan fingerprint density at radius 3 is 2.64 bits per heavy atom. The topological polar surface area (TPSA) is 104 Å². The largest absolute Gasteiger partial charge is 0.473 e. The quantitative estimate of drug-likeness (QED) is 0.333. The van der Waals surface area contributed by atoms with Crippen LogP contribution in [-0.4, -0.2) is 61.7 Å². The minimum absolute atomic E-state index is 0.995. The van der Waals surface area contributed by atoms with Crippen LogP contribution in [0.1, 0.15) is 31.9 Å². The van der Waals surface area contributed by atoms with Crippen LogP contribution >= 0.6 is 23.5 Å². The standard InChI is InChI=1S/C14H21N3S2.C2H2O4/c1-3-4-5-6-10-18-14-13(15-19-16-14)12-8-7-9-17(2)11-12;3-1(4)2(5)6/h4-5,8H,3,6-7,9-11H2,1-2H3;(H,3,4)(H,5,6)/b5-4+;. The highest BCUT2D eigenvalue weighted by molar-refractivity contribution is 7.99. The van der Waals surface area contributed by atoms with Crippen LogP contribution in [0.25, 0.3) is 5.57 Å². The molecule has 9 heteroatoms. The molecule has 0 aromatic carbocycles. The van der Waals surface area contributed by atoms with Crippen molar-refractivity contribution >= 4 is 41.0 Å². The van der Waals surface area contributed by atoms with E-state index in [1.807, 2.05) is 11.8 Å². The lowest BCUT2D eigenvalue weighted by molar-refractivity contribution is -0.159. The Hall–Kier alpha value is -1.71. The van der Waals surface area contributed by atoms with E-state index in [0.717, 1.165) is 48.8 Å². The molecule has 0 radical (unpaired) electrons. The molecule has 2 heterocycles. The molecule has 0 amide bonds. The van der Waals surface area contributed by atoms with Crippen molar-refractivity contribution in [3.63, 3.8) is 0 Å². The maximum atomic E-state index is 9.10. The van der Waals surface area contributed by atoms with E-state index in [-0.39, 0.29) is 0 Å². The van der Waals surface area contributed by atoms with Crippen LogP contribution in [0.5, 0.6) is 0 Å². The van der Waals surface area contributed by atoms with Gasteiger partial charge in [-0.25, -0.2) is 9.59 Å². The van der Waals surface area contributed by atoms with E-state index in [9.17, 15) is 0 Å². The molecule has 0 saturated carbocycles. The van der Waals surface area contributed by atoms with Gasteiger partial charge in [0.15, 0.2) is 0 Å². The zero-order valence-electron chi connectivity index (χ0n) is 14.3. The molecule has 0 unspecified atom stereocenters. The molecule has 0 bridgehead atoms. The van der Waals surface area contributed by atoms with E-state index < -0.39 is 11.9 Å². The maximum Gasteiger partial charge on any atom is 0.414 e. The first-order chi connectivity index (χ1) is 12.0. The highest BCUT2D eigenvalue weighted by atomic mass is 32.2. The molecule has 1 aromatic rings. The van der Waals surface area contributed by atoms with E-state index in [1.54, 1.807) is 0 Å². The maximum absolute atomic E-state index is 9.10. The van der Waals surface area contributed by atoms with Crippen molar-refractivity contribution in [2.45, 2.75) is 31.2 Å². The first-order valence-electron chi connectivity index (χ1n) is 7.90. The fourth-order valence-corrected chi connectivity index (χ4v) is 3.66. The number of carboxylic acid groups (broad SMARTS) is 2. The van der Waals surface area contributed by atoms with Crippen molar-refractivity contribution < 1.29 is 19.8 Å². The number of allylic oxidation sites excluding steroid dienone is 2. The van der Waals surface area contributed by atoms with Gasteiger partial charge in [0.2, 0.25) is 0 Å². The average Bonchev–Trinajstić information content (AvgIpc) is 3.03. The van der Waals surface area contributed by atoms with Crippen LogP contribution in [-0.2, 0) is 9.59 Å². The number of hydrogen-bond donors (Lipinski definition) is 2. The summed E-state index contributed by atoms with van der Waals surface area (Å²) >= 11 is 3.16. The first-order valence-corrected chi connectivity index (χ1v) is 9.61. The summed E-state index contributed by atoms with van der Waals surface area (Å²) in [7, 11) is 2.16. The molecule has 1 aliphatic heterocycles. The van der Waals surface area contributed by atoms with Gasteiger partial charge >= 0.3 is 11.9 Å². The molecule has 138 valence electrons. The van der Waals surface area contributed by atoms with E-state index in [4.69, 9.17) is 19.8 Å². The molecular formula is C16H23N3O4S2. The third-order valence-corrected chi connectivity index (χ3v) is 4.85. The van der Waals surface area contributed by atoms with Crippen molar-refractivity contribution in [3.05, 3.63) is 23.9 Å². The average molecular weight is 386 g/mol. The van der Waals surface area contributed by atoms with Gasteiger partial charge < -0.3 is 15.1 Å². The number of rotatable bonds is 6. The van der Waals surface area contributed by atoms with Gasteiger partial charge in [-0.1, -0.05) is 25.2 Å². The fourth-order valence-electron chi connectivity index (χ4n) is 2.04. The number of likely N-dealkylation sites (N-methyl/N-ethyl adjacent to an activating group) is 1. The number of carbonyl (C=O) groups is 2. The Morgan fingerprint density at radius 1 is 1.32 bits per heavy atom. The van der Waals surface area contributed by atoms with Gasteiger partial charge in [0.05, 0.1) is 11.7 Å². The SMILES string of the molecule is CC/C=C/CCSc1nsnc1C1=CCCN(C)C1.O=C(O)C(=O)O. The lowest BCUT2D eigenvalue weighted by atomic mass is 10.1. The Balaban J connectivity index is 0.000000450. The summed E-state index contributed by atoms with van der Waals surface area (Å²) in [5, 5.41) is 15.9. The number of hydrogen-bond acceptors (Lipinski definition) is 7. The van der Waals surface area contributed by atoms with Crippen LogP contribution < -0.4 is 0 Å². The predicted molar refractivity (Wildman–Crippen MR) is 100 cm³/mol. The lowest BCUT2D eigenvalue weighted by Crippen LogP contribution is -2.25. The molecule has 2 rings (SSSR count). The highest BCUT2D eigenvalue weighted by Crippen LogP contribution is 2.29. The number of aliphatic carboxylic acids is 2. The second-order valence-corrected chi connectivity index (χ2v) is 6.91. The van der Waals surface area contributed by atoms with Crippen LogP contribution in [0.2, 0.25) is 0 Å². The molecule has 0 aliphatic carbocycles. The van der Waals surface area contributed by atoms with Crippen molar-refractivity contribution in [1.82, 2.24) is 13.6 Å².